The van der Waals surface area contributed by atoms with Gasteiger partial charge in [0.25, 0.3) is 0 Å². The summed E-state index contributed by atoms with van der Waals surface area (Å²) >= 11 is 0. The number of fused-ring (bicyclic) bond motifs is 2. The molecule has 0 aromatic heterocycles. The maximum Gasteiger partial charge on any atom is 0.163 e. The quantitative estimate of drug-likeness (QED) is 0.875. The fourth-order valence-corrected chi connectivity index (χ4v) is 4.45. The lowest BCUT2D eigenvalue weighted by Crippen LogP contribution is -2.23. The van der Waals surface area contributed by atoms with Gasteiger partial charge in [-0.2, -0.15) is 0 Å². The van der Waals surface area contributed by atoms with Crippen molar-refractivity contribution >= 4 is 11.5 Å². The number of allylic oxidation sites excluding steroid dienone is 2. The molecule has 1 N–H and O–H groups in total. The van der Waals surface area contributed by atoms with Crippen molar-refractivity contribution in [2.24, 2.45) is 11.8 Å². The van der Waals surface area contributed by atoms with Gasteiger partial charge in [-0.25, -0.2) is 0 Å². The molecule has 0 radical (unpaired) electrons. The first-order chi connectivity index (χ1) is 11.6. The largest absolute Gasteiger partial charge is 0.493 e. The minimum absolute atomic E-state index is 0.240. The maximum absolute atomic E-state index is 11.7. The molecule has 0 saturated heterocycles. The van der Waals surface area contributed by atoms with Gasteiger partial charge in [-0.15, -0.1) is 0 Å². The molecule has 1 aromatic rings. The number of nitrogens with one attached hydrogen (secondary N) is 1. The molecule has 3 aliphatic rings. The first-order valence-electron chi connectivity index (χ1n) is 8.98. The molecule has 4 nitrogen and oxygen atoms in total. The molecule has 24 heavy (non-hydrogen) atoms. The summed E-state index contributed by atoms with van der Waals surface area (Å²) in [6.45, 7) is 1.90. The lowest BCUT2D eigenvalue weighted by atomic mass is 9.98. The number of ether oxygens (including phenoxy) is 2. The van der Waals surface area contributed by atoms with Gasteiger partial charge in [0.2, 0.25) is 0 Å². The summed E-state index contributed by atoms with van der Waals surface area (Å²) in [7, 11) is 1.68. The third-order valence-corrected chi connectivity index (χ3v) is 5.88. The highest BCUT2D eigenvalue weighted by molar-refractivity contribution is 5.98. The Hall–Kier alpha value is -1.97. The Bertz CT molecular complexity index is 694. The van der Waals surface area contributed by atoms with Crippen LogP contribution in [0, 0.1) is 11.8 Å². The van der Waals surface area contributed by atoms with E-state index in [9.17, 15) is 4.79 Å². The third kappa shape index (κ3) is 2.79. The van der Waals surface area contributed by atoms with Gasteiger partial charge in [-0.05, 0) is 63.0 Å². The normalized spacial score (nSPS) is 28.6. The third-order valence-electron chi connectivity index (χ3n) is 5.88. The van der Waals surface area contributed by atoms with E-state index in [0.717, 1.165) is 40.8 Å². The zero-order chi connectivity index (χ0) is 16.7. The van der Waals surface area contributed by atoms with Gasteiger partial charge in [0, 0.05) is 29.4 Å². The van der Waals surface area contributed by atoms with Crippen LogP contribution in [-0.2, 0) is 4.79 Å². The van der Waals surface area contributed by atoms with E-state index < -0.39 is 0 Å². The van der Waals surface area contributed by atoms with Crippen molar-refractivity contribution in [3.05, 3.63) is 29.5 Å². The molecule has 2 saturated carbocycles. The molecule has 0 aliphatic heterocycles. The predicted molar refractivity (Wildman–Crippen MR) is 93.4 cm³/mol. The van der Waals surface area contributed by atoms with Gasteiger partial charge in [-0.1, -0.05) is 0 Å². The molecule has 2 bridgehead atoms. The van der Waals surface area contributed by atoms with Crippen LogP contribution < -0.4 is 14.8 Å². The Morgan fingerprint density at radius 2 is 2.00 bits per heavy atom. The van der Waals surface area contributed by atoms with Crippen LogP contribution in [0.3, 0.4) is 0 Å². The number of Topliss-reactive ketones (excluding diaryl/α,β-unsaturated/α-hetero) is 1. The Kier molecular flexibility index (Phi) is 3.99. The lowest BCUT2D eigenvalue weighted by molar-refractivity contribution is -0.114. The predicted octanol–water partition coefficient (Wildman–Crippen LogP) is 4.31. The number of hydrogen-bond donors (Lipinski definition) is 1. The smallest absolute Gasteiger partial charge is 0.163 e. The standard InChI is InChI=1S/C20H25NO3/c1-12-16(6-7-17(12)22)21-15-5-8-18(23-2)20(11-15)24-19-10-13-3-4-14(19)9-13/h5,8,11,13-14,19,21H,3-4,6-7,9-10H2,1-2H3/t13-,14+,19+/m1/s1. The fourth-order valence-electron chi connectivity index (χ4n) is 4.45. The highest BCUT2D eigenvalue weighted by atomic mass is 16.5. The van der Waals surface area contributed by atoms with Crippen molar-refractivity contribution in [1.82, 2.24) is 0 Å². The number of carbonyl (C=O) groups excluding carboxylic acids is 1. The Morgan fingerprint density at radius 1 is 1.12 bits per heavy atom. The Balaban J connectivity index is 1.53. The molecular weight excluding hydrogens is 302 g/mol. The average Bonchev–Trinajstić information content (AvgIpc) is 3.28. The first kappa shape index (κ1) is 15.6. The van der Waals surface area contributed by atoms with Crippen LogP contribution in [0.25, 0.3) is 0 Å². The lowest BCUT2D eigenvalue weighted by Gasteiger charge is -2.24. The molecule has 0 unspecified atom stereocenters. The van der Waals surface area contributed by atoms with Crippen LogP contribution in [0.1, 0.15) is 45.4 Å². The molecule has 128 valence electrons. The second-order valence-electron chi connectivity index (χ2n) is 7.35. The van der Waals surface area contributed by atoms with E-state index in [0.29, 0.717) is 18.4 Å². The van der Waals surface area contributed by atoms with Crippen molar-refractivity contribution in [3.8, 4) is 11.5 Å². The molecule has 0 amide bonds. The second kappa shape index (κ2) is 6.15. The van der Waals surface area contributed by atoms with Crippen LogP contribution in [0.5, 0.6) is 11.5 Å². The zero-order valence-electron chi connectivity index (χ0n) is 14.4. The minimum Gasteiger partial charge on any atom is -0.493 e. The van der Waals surface area contributed by atoms with E-state index in [-0.39, 0.29) is 5.78 Å². The summed E-state index contributed by atoms with van der Waals surface area (Å²) in [4.78, 5) is 11.7. The average molecular weight is 327 g/mol. The van der Waals surface area contributed by atoms with Crippen molar-refractivity contribution in [1.29, 1.82) is 0 Å². The first-order valence-corrected chi connectivity index (χ1v) is 8.98. The molecule has 4 heteroatoms. The molecule has 1 aromatic carbocycles. The Labute approximate surface area is 143 Å². The number of hydrogen-bond acceptors (Lipinski definition) is 4. The van der Waals surface area contributed by atoms with Crippen LogP contribution in [0.4, 0.5) is 5.69 Å². The van der Waals surface area contributed by atoms with Crippen molar-refractivity contribution in [2.45, 2.75) is 51.6 Å². The van der Waals surface area contributed by atoms with Crippen LogP contribution in [-0.4, -0.2) is 19.0 Å². The van der Waals surface area contributed by atoms with Gasteiger partial charge in [-0.3, -0.25) is 4.79 Å². The highest BCUT2D eigenvalue weighted by Crippen LogP contribution is 2.47. The summed E-state index contributed by atoms with van der Waals surface area (Å²) in [5, 5.41) is 3.39. The van der Waals surface area contributed by atoms with E-state index in [1.807, 2.05) is 25.1 Å². The number of methoxy groups -OCH3 is 1. The van der Waals surface area contributed by atoms with Gasteiger partial charge in [0.1, 0.15) is 6.10 Å². The van der Waals surface area contributed by atoms with Crippen molar-refractivity contribution < 1.29 is 14.3 Å². The molecule has 0 spiro atoms. The van der Waals surface area contributed by atoms with Gasteiger partial charge in [0.15, 0.2) is 17.3 Å². The molecule has 3 aliphatic carbocycles. The molecule has 3 atom stereocenters. The maximum atomic E-state index is 11.7. The molecular formula is C20H25NO3. The fraction of sp³-hybridized carbons (Fsp3) is 0.550. The number of rotatable bonds is 5. The Morgan fingerprint density at radius 3 is 2.62 bits per heavy atom. The van der Waals surface area contributed by atoms with Crippen LogP contribution in [0.2, 0.25) is 0 Å². The van der Waals surface area contributed by atoms with E-state index >= 15 is 0 Å². The molecule has 2 fully saturated rings. The number of carbonyl (C=O) groups is 1. The monoisotopic (exact) mass is 327 g/mol. The van der Waals surface area contributed by atoms with Gasteiger partial charge in [0.05, 0.1) is 7.11 Å². The van der Waals surface area contributed by atoms with Crippen LogP contribution >= 0.6 is 0 Å². The van der Waals surface area contributed by atoms with E-state index in [4.69, 9.17) is 9.47 Å². The summed E-state index contributed by atoms with van der Waals surface area (Å²) in [6.07, 6.45) is 6.87. The highest BCUT2D eigenvalue weighted by Gasteiger charge is 2.41. The van der Waals surface area contributed by atoms with E-state index in [2.05, 4.69) is 5.32 Å². The van der Waals surface area contributed by atoms with Crippen molar-refractivity contribution in [3.63, 3.8) is 0 Å². The SMILES string of the molecule is COc1ccc(NC2=C(C)C(=O)CC2)cc1O[C@H]1C[C@@H]2CC[C@H]1C2. The number of ketones is 1. The number of anilines is 1. The second-order valence-corrected chi connectivity index (χ2v) is 7.35. The summed E-state index contributed by atoms with van der Waals surface area (Å²) in [5.41, 5.74) is 2.83. The van der Waals surface area contributed by atoms with Gasteiger partial charge < -0.3 is 14.8 Å². The molecule has 4 rings (SSSR count). The minimum atomic E-state index is 0.240. The van der Waals surface area contributed by atoms with E-state index in [1.165, 1.54) is 25.7 Å². The van der Waals surface area contributed by atoms with Gasteiger partial charge >= 0.3 is 0 Å². The van der Waals surface area contributed by atoms with E-state index in [1.54, 1.807) is 7.11 Å². The summed E-state index contributed by atoms with van der Waals surface area (Å²) in [6, 6.07) is 5.93. The van der Waals surface area contributed by atoms with Crippen molar-refractivity contribution in [2.75, 3.05) is 12.4 Å². The summed E-state index contributed by atoms with van der Waals surface area (Å²) < 4.78 is 11.8. The summed E-state index contributed by atoms with van der Waals surface area (Å²) in [5.74, 6) is 3.38. The zero-order valence-corrected chi connectivity index (χ0v) is 14.4. The van der Waals surface area contributed by atoms with Crippen LogP contribution in [0.15, 0.2) is 29.5 Å². The molecule has 0 heterocycles. The number of benzene rings is 1. The topological polar surface area (TPSA) is 47.6 Å².